The van der Waals surface area contributed by atoms with E-state index in [4.69, 9.17) is 10.5 Å². The van der Waals surface area contributed by atoms with Gasteiger partial charge in [0.25, 0.3) is 5.56 Å². The molecule has 0 amide bonds. The zero-order valence-corrected chi connectivity index (χ0v) is 20.0. The third-order valence-electron chi connectivity index (χ3n) is 7.03. The molecule has 2 fully saturated rings. The number of aromatic nitrogens is 4. The van der Waals surface area contributed by atoms with Crippen molar-refractivity contribution >= 4 is 43.4 Å². The van der Waals surface area contributed by atoms with Gasteiger partial charge in [0, 0.05) is 25.6 Å². The Morgan fingerprint density at radius 3 is 2.94 bits per heavy atom. The lowest BCUT2D eigenvalue weighted by molar-refractivity contribution is 0.107. The van der Waals surface area contributed by atoms with E-state index >= 15 is 4.39 Å². The predicted molar refractivity (Wildman–Crippen MR) is 131 cm³/mol. The summed E-state index contributed by atoms with van der Waals surface area (Å²) in [7, 11) is 1.54. The molecule has 4 aromatic rings. The van der Waals surface area contributed by atoms with Crippen LogP contribution in [0.5, 0.6) is 6.01 Å². The van der Waals surface area contributed by atoms with Crippen molar-refractivity contribution in [3.8, 4) is 17.3 Å². The Bertz CT molecular complexity index is 1580. The Kier molecular flexibility index (Phi) is 5.30. The van der Waals surface area contributed by atoms with E-state index in [1.165, 1.54) is 6.07 Å². The van der Waals surface area contributed by atoms with Crippen LogP contribution in [0.4, 0.5) is 24.1 Å². The number of alkyl halides is 1. The van der Waals surface area contributed by atoms with Crippen molar-refractivity contribution in [1.82, 2.24) is 24.8 Å². The minimum atomic E-state index is -0.926. The average Bonchev–Trinajstić information content (AvgIpc) is 3.51. The molecule has 9 nitrogen and oxygen atoms in total. The molecule has 0 spiro atoms. The molecule has 0 saturated carbocycles. The number of hydrogen-bond donors (Lipinski definition) is 3. The van der Waals surface area contributed by atoms with Crippen LogP contribution in [-0.4, -0.2) is 63.3 Å². The Morgan fingerprint density at radius 1 is 1.31 bits per heavy atom. The highest BCUT2D eigenvalue weighted by Crippen LogP contribution is 2.41. The van der Waals surface area contributed by atoms with E-state index in [9.17, 15) is 13.6 Å². The second-order valence-corrected chi connectivity index (χ2v) is 10.2. The summed E-state index contributed by atoms with van der Waals surface area (Å²) < 4.78 is 50.4. The number of nitrogens with zero attached hydrogens (tertiary/aromatic N) is 4. The number of aromatic amines is 1. The predicted octanol–water partition coefficient (Wildman–Crippen LogP) is 3.45. The summed E-state index contributed by atoms with van der Waals surface area (Å²) in [5.74, 6) is -1.32. The molecular formula is C23H22F3N7O2S. The highest BCUT2D eigenvalue weighted by atomic mass is 32.1. The first-order valence-corrected chi connectivity index (χ1v) is 12.3. The largest absolute Gasteiger partial charge is 0.461 e. The number of H-pyrrole nitrogens is 1. The first-order valence-electron chi connectivity index (χ1n) is 11.5. The van der Waals surface area contributed by atoms with Crippen molar-refractivity contribution in [2.24, 2.45) is 0 Å². The van der Waals surface area contributed by atoms with Crippen LogP contribution in [0.15, 0.2) is 16.9 Å². The fourth-order valence-corrected chi connectivity index (χ4v) is 6.20. The number of halogens is 3. The SMILES string of the molecule is CNc1nc(OC[C@@]23CCCN2C[C@H](F)C3)nc2c(F)c(-c3ccc(F)c4sc(N)nc34)[nH]c(=O)c12. The lowest BCUT2D eigenvalue weighted by atomic mass is 9.95. The molecule has 6 rings (SSSR count). The number of anilines is 2. The number of nitrogen functional groups attached to an aromatic ring is 1. The van der Waals surface area contributed by atoms with Crippen molar-refractivity contribution in [3.63, 3.8) is 0 Å². The van der Waals surface area contributed by atoms with Crippen LogP contribution in [0.3, 0.4) is 0 Å². The second kappa shape index (κ2) is 8.30. The fourth-order valence-electron chi connectivity index (χ4n) is 5.44. The van der Waals surface area contributed by atoms with Crippen molar-refractivity contribution in [2.75, 3.05) is 37.8 Å². The van der Waals surface area contributed by atoms with Gasteiger partial charge >= 0.3 is 6.01 Å². The summed E-state index contributed by atoms with van der Waals surface area (Å²) in [6, 6.07) is 2.36. The zero-order chi connectivity index (χ0) is 25.2. The van der Waals surface area contributed by atoms with Gasteiger partial charge in [-0.15, -0.1) is 0 Å². The van der Waals surface area contributed by atoms with Crippen LogP contribution in [0, 0.1) is 11.6 Å². The van der Waals surface area contributed by atoms with Gasteiger partial charge in [0.05, 0.1) is 21.4 Å². The molecule has 188 valence electrons. The van der Waals surface area contributed by atoms with Gasteiger partial charge in [-0.2, -0.15) is 9.97 Å². The highest BCUT2D eigenvalue weighted by Gasteiger charge is 2.49. The molecule has 0 aliphatic carbocycles. The molecule has 0 unspecified atom stereocenters. The number of nitrogens with one attached hydrogen (secondary N) is 2. The van der Waals surface area contributed by atoms with Gasteiger partial charge in [0.15, 0.2) is 10.9 Å². The lowest BCUT2D eigenvalue weighted by Gasteiger charge is -2.30. The first kappa shape index (κ1) is 23.0. The third-order valence-corrected chi connectivity index (χ3v) is 7.92. The summed E-state index contributed by atoms with van der Waals surface area (Å²) in [4.78, 5) is 30.2. The van der Waals surface area contributed by atoms with E-state index in [1.807, 2.05) is 0 Å². The quantitative estimate of drug-likeness (QED) is 0.368. The van der Waals surface area contributed by atoms with Crippen LogP contribution < -0.4 is 21.3 Å². The average molecular weight is 518 g/mol. The maximum atomic E-state index is 15.9. The van der Waals surface area contributed by atoms with Crippen LogP contribution in [0.1, 0.15) is 19.3 Å². The third kappa shape index (κ3) is 3.48. The van der Waals surface area contributed by atoms with Crippen molar-refractivity contribution in [1.29, 1.82) is 0 Å². The van der Waals surface area contributed by atoms with Crippen molar-refractivity contribution in [2.45, 2.75) is 31.0 Å². The van der Waals surface area contributed by atoms with Crippen LogP contribution >= 0.6 is 11.3 Å². The Balaban J connectivity index is 1.46. The lowest BCUT2D eigenvalue weighted by Crippen LogP contribution is -2.43. The summed E-state index contributed by atoms with van der Waals surface area (Å²) in [6.45, 7) is 1.31. The number of benzene rings is 1. The fraction of sp³-hybridized carbons (Fsp3) is 0.391. The standard InChI is InChI=1S/C23H22F3N7O2S/c1-28-19-13-17(31-22(32-19)35-9-23-5-2-6-33(23)8-10(24)7-23)14(26)15(29-20(13)34)11-3-4-12(25)18-16(11)30-21(27)36-18/h3-4,10H,2,5-9H2,1H3,(H2,27,30)(H,29,34)(H,28,31,32)/t10-,23+/m1/s1. The maximum Gasteiger partial charge on any atom is 0.319 e. The molecule has 4 N–H and O–H groups in total. The molecule has 0 radical (unpaired) electrons. The van der Waals surface area contributed by atoms with E-state index in [2.05, 4.69) is 30.2 Å². The van der Waals surface area contributed by atoms with E-state index in [0.29, 0.717) is 13.0 Å². The molecule has 0 bridgehead atoms. The van der Waals surface area contributed by atoms with Gasteiger partial charge in [-0.1, -0.05) is 11.3 Å². The number of nitrogens with two attached hydrogens (primary N) is 1. The second-order valence-electron chi connectivity index (χ2n) is 9.16. The summed E-state index contributed by atoms with van der Waals surface area (Å²) in [6.07, 6.45) is 1.16. The molecule has 36 heavy (non-hydrogen) atoms. The first-order chi connectivity index (χ1) is 17.3. The Labute approximate surface area is 206 Å². The maximum absolute atomic E-state index is 15.9. The topological polar surface area (TPSA) is 122 Å². The number of hydrogen-bond acceptors (Lipinski definition) is 9. The number of fused-ring (bicyclic) bond motifs is 3. The van der Waals surface area contributed by atoms with Crippen molar-refractivity contribution in [3.05, 3.63) is 34.1 Å². The number of ether oxygens (including phenoxy) is 1. The van der Waals surface area contributed by atoms with Crippen molar-refractivity contribution < 1.29 is 17.9 Å². The smallest absolute Gasteiger partial charge is 0.319 e. The van der Waals surface area contributed by atoms with E-state index in [0.717, 1.165) is 36.8 Å². The Morgan fingerprint density at radius 2 is 2.14 bits per heavy atom. The molecule has 5 heterocycles. The minimum Gasteiger partial charge on any atom is -0.461 e. The summed E-state index contributed by atoms with van der Waals surface area (Å²) in [5.41, 5.74) is 4.50. The minimum absolute atomic E-state index is 0.0828. The van der Waals surface area contributed by atoms with Crippen LogP contribution in [0.2, 0.25) is 0 Å². The normalized spacial score (nSPS) is 21.9. The van der Waals surface area contributed by atoms with Crippen LogP contribution in [-0.2, 0) is 0 Å². The van der Waals surface area contributed by atoms with Gasteiger partial charge in [-0.05, 0) is 31.5 Å². The molecular weight excluding hydrogens is 495 g/mol. The van der Waals surface area contributed by atoms with Gasteiger partial charge in [-0.3, -0.25) is 9.69 Å². The number of thiazole rings is 1. The van der Waals surface area contributed by atoms with Gasteiger partial charge in [0.1, 0.15) is 35.3 Å². The number of rotatable bonds is 5. The van der Waals surface area contributed by atoms with E-state index in [1.54, 1.807) is 7.05 Å². The highest BCUT2D eigenvalue weighted by molar-refractivity contribution is 7.22. The van der Waals surface area contributed by atoms with Gasteiger partial charge in [-0.25, -0.2) is 18.2 Å². The van der Waals surface area contributed by atoms with E-state index in [-0.39, 0.29) is 55.9 Å². The molecule has 2 saturated heterocycles. The van der Waals surface area contributed by atoms with Crippen LogP contribution in [0.25, 0.3) is 32.4 Å². The molecule has 2 atom stereocenters. The molecule has 1 aromatic carbocycles. The van der Waals surface area contributed by atoms with Gasteiger partial charge in [0.2, 0.25) is 0 Å². The molecule has 2 aliphatic rings. The number of pyridine rings is 1. The molecule has 13 heteroatoms. The Hall–Kier alpha value is -3.45. The monoisotopic (exact) mass is 517 g/mol. The molecule has 3 aromatic heterocycles. The molecule has 2 aliphatic heterocycles. The zero-order valence-electron chi connectivity index (χ0n) is 19.2. The van der Waals surface area contributed by atoms with E-state index < -0.39 is 28.9 Å². The summed E-state index contributed by atoms with van der Waals surface area (Å²) >= 11 is 0.926. The van der Waals surface area contributed by atoms with Gasteiger partial charge < -0.3 is 20.8 Å². The summed E-state index contributed by atoms with van der Waals surface area (Å²) in [5, 5.41) is 2.81.